The van der Waals surface area contributed by atoms with Gasteiger partial charge in [-0.05, 0) is 37.8 Å². The van der Waals surface area contributed by atoms with E-state index in [1.54, 1.807) is 17.8 Å². The predicted octanol–water partition coefficient (Wildman–Crippen LogP) is 2.76. The Morgan fingerprint density at radius 2 is 2.17 bits per heavy atom. The first-order chi connectivity index (χ1) is 8.35. The molecule has 0 unspecified atom stereocenters. The molecule has 0 aliphatic carbocycles. The first-order valence-electron chi connectivity index (χ1n) is 5.63. The number of hydrogen-bond donors (Lipinski definition) is 2. The van der Waals surface area contributed by atoms with Gasteiger partial charge in [0.2, 0.25) is 0 Å². The molecule has 2 N–H and O–H groups in total. The second-order valence-corrected chi connectivity index (χ2v) is 6.20. The number of rotatable bonds is 6. The van der Waals surface area contributed by atoms with Gasteiger partial charge in [0.15, 0.2) is 0 Å². The van der Waals surface area contributed by atoms with E-state index in [0.717, 1.165) is 12.1 Å². The summed E-state index contributed by atoms with van der Waals surface area (Å²) in [7, 11) is 0. The fourth-order valence-corrected chi connectivity index (χ4v) is 1.67. The highest BCUT2D eigenvalue weighted by Gasteiger charge is 2.15. The summed E-state index contributed by atoms with van der Waals surface area (Å²) in [5.74, 6) is -1.93. The van der Waals surface area contributed by atoms with Crippen LogP contribution in [-0.2, 0) is 6.54 Å². The van der Waals surface area contributed by atoms with Gasteiger partial charge in [0.1, 0.15) is 5.82 Å². The van der Waals surface area contributed by atoms with Crippen molar-refractivity contribution in [3.8, 4) is 0 Å². The number of aromatic carboxylic acids is 1. The van der Waals surface area contributed by atoms with Crippen LogP contribution in [0, 0.1) is 5.82 Å². The first kappa shape index (κ1) is 15.0. The second-order valence-electron chi connectivity index (χ2n) is 4.69. The van der Waals surface area contributed by atoms with Gasteiger partial charge in [0.25, 0.3) is 0 Å². The van der Waals surface area contributed by atoms with Gasteiger partial charge >= 0.3 is 5.97 Å². The number of halogens is 1. The standard InChI is InChI=1S/C13H18FNO2S/c1-13(2,18-3)8-15-7-9-4-5-10(12(16)17)11(14)6-9/h4-6,15H,7-8H2,1-3H3,(H,16,17). The predicted molar refractivity (Wildman–Crippen MR) is 72.7 cm³/mol. The van der Waals surface area contributed by atoms with Crippen molar-refractivity contribution in [2.75, 3.05) is 12.8 Å². The molecule has 0 amide bonds. The molecule has 1 aromatic carbocycles. The Morgan fingerprint density at radius 3 is 2.67 bits per heavy atom. The van der Waals surface area contributed by atoms with Crippen molar-refractivity contribution < 1.29 is 14.3 Å². The molecule has 0 saturated heterocycles. The summed E-state index contributed by atoms with van der Waals surface area (Å²) in [5, 5.41) is 11.9. The van der Waals surface area contributed by atoms with Gasteiger partial charge in [-0.25, -0.2) is 9.18 Å². The molecule has 0 radical (unpaired) electrons. The van der Waals surface area contributed by atoms with Crippen LogP contribution in [-0.4, -0.2) is 28.6 Å². The molecule has 0 fully saturated rings. The summed E-state index contributed by atoms with van der Waals surface area (Å²) in [6.45, 7) is 5.58. The van der Waals surface area contributed by atoms with Crippen molar-refractivity contribution in [1.29, 1.82) is 0 Å². The highest BCUT2D eigenvalue weighted by molar-refractivity contribution is 7.99. The van der Waals surface area contributed by atoms with E-state index in [-0.39, 0.29) is 10.3 Å². The van der Waals surface area contributed by atoms with E-state index < -0.39 is 11.8 Å². The van der Waals surface area contributed by atoms with Crippen LogP contribution in [0.1, 0.15) is 29.8 Å². The van der Waals surface area contributed by atoms with Crippen LogP contribution in [0.25, 0.3) is 0 Å². The molecule has 0 bridgehead atoms. The number of hydrogen-bond acceptors (Lipinski definition) is 3. The third-order valence-electron chi connectivity index (χ3n) is 2.70. The molecular formula is C13H18FNO2S. The maximum atomic E-state index is 13.4. The molecule has 1 aromatic rings. The van der Waals surface area contributed by atoms with Crippen molar-refractivity contribution >= 4 is 17.7 Å². The molecule has 0 aromatic heterocycles. The number of benzene rings is 1. The SMILES string of the molecule is CSC(C)(C)CNCc1ccc(C(=O)O)c(F)c1. The average Bonchev–Trinajstić information content (AvgIpc) is 2.28. The lowest BCUT2D eigenvalue weighted by Crippen LogP contribution is -2.31. The van der Waals surface area contributed by atoms with E-state index in [9.17, 15) is 9.18 Å². The monoisotopic (exact) mass is 271 g/mol. The van der Waals surface area contributed by atoms with Gasteiger partial charge in [-0.1, -0.05) is 6.07 Å². The molecule has 0 heterocycles. The van der Waals surface area contributed by atoms with E-state index in [4.69, 9.17) is 5.11 Å². The van der Waals surface area contributed by atoms with E-state index in [1.165, 1.54) is 12.1 Å². The summed E-state index contributed by atoms with van der Waals surface area (Å²) >= 11 is 1.76. The highest BCUT2D eigenvalue weighted by atomic mass is 32.2. The van der Waals surface area contributed by atoms with Crippen molar-refractivity contribution in [1.82, 2.24) is 5.32 Å². The average molecular weight is 271 g/mol. The largest absolute Gasteiger partial charge is 0.478 e. The Kier molecular flexibility index (Phi) is 5.16. The summed E-state index contributed by atoms with van der Waals surface area (Å²) in [5.41, 5.74) is 0.456. The molecule has 100 valence electrons. The smallest absolute Gasteiger partial charge is 0.338 e. The molecule has 0 spiro atoms. The molecule has 1 rings (SSSR count). The summed E-state index contributed by atoms with van der Waals surface area (Å²) < 4.78 is 13.5. The van der Waals surface area contributed by atoms with E-state index in [0.29, 0.717) is 6.54 Å². The zero-order valence-electron chi connectivity index (χ0n) is 10.8. The van der Waals surface area contributed by atoms with Crippen LogP contribution in [0.2, 0.25) is 0 Å². The van der Waals surface area contributed by atoms with Gasteiger partial charge < -0.3 is 10.4 Å². The Balaban J connectivity index is 2.59. The van der Waals surface area contributed by atoms with Crippen molar-refractivity contribution in [2.24, 2.45) is 0 Å². The van der Waals surface area contributed by atoms with Crippen LogP contribution in [0.5, 0.6) is 0 Å². The normalized spacial score (nSPS) is 11.6. The summed E-state index contributed by atoms with van der Waals surface area (Å²) in [6.07, 6.45) is 2.04. The molecule has 3 nitrogen and oxygen atoms in total. The van der Waals surface area contributed by atoms with Crippen LogP contribution < -0.4 is 5.32 Å². The minimum absolute atomic E-state index is 0.125. The fraction of sp³-hybridized carbons (Fsp3) is 0.462. The molecule has 0 saturated carbocycles. The zero-order valence-corrected chi connectivity index (χ0v) is 11.6. The fourth-order valence-electron chi connectivity index (χ4n) is 1.42. The van der Waals surface area contributed by atoms with Crippen molar-refractivity contribution in [3.63, 3.8) is 0 Å². The molecule has 0 aliphatic rings. The van der Waals surface area contributed by atoms with Crippen LogP contribution in [0.3, 0.4) is 0 Å². The van der Waals surface area contributed by atoms with Gasteiger partial charge in [-0.15, -0.1) is 0 Å². The van der Waals surface area contributed by atoms with Gasteiger partial charge in [-0.3, -0.25) is 0 Å². The number of carboxylic acid groups (broad SMARTS) is 1. The van der Waals surface area contributed by atoms with E-state index in [2.05, 4.69) is 19.2 Å². The van der Waals surface area contributed by atoms with Crippen LogP contribution >= 0.6 is 11.8 Å². The van der Waals surface area contributed by atoms with E-state index in [1.807, 2.05) is 6.26 Å². The summed E-state index contributed by atoms with van der Waals surface area (Å²) in [6, 6.07) is 4.20. The van der Waals surface area contributed by atoms with Crippen LogP contribution in [0.15, 0.2) is 18.2 Å². The number of thioether (sulfide) groups is 1. The lowest BCUT2D eigenvalue weighted by molar-refractivity contribution is 0.0692. The third-order valence-corrected chi connectivity index (χ3v) is 3.95. The van der Waals surface area contributed by atoms with Crippen LogP contribution in [0.4, 0.5) is 4.39 Å². The van der Waals surface area contributed by atoms with E-state index >= 15 is 0 Å². The molecular weight excluding hydrogens is 253 g/mol. The topological polar surface area (TPSA) is 49.3 Å². The van der Waals surface area contributed by atoms with Crippen molar-refractivity contribution in [2.45, 2.75) is 25.1 Å². The Bertz CT molecular complexity index is 435. The minimum Gasteiger partial charge on any atom is -0.478 e. The molecule has 0 atom stereocenters. The quantitative estimate of drug-likeness (QED) is 0.835. The highest BCUT2D eigenvalue weighted by Crippen LogP contribution is 2.19. The minimum atomic E-state index is -1.24. The van der Waals surface area contributed by atoms with Gasteiger partial charge in [0, 0.05) is 17.8 Å². The Labute approximate surface area is 111 Å². The lowest BCUT2D eigenvalue weighted by Gasteiger charge is -2.22. The second kappa shape index (κ2) is 6.20. The number of carboxylic acids is 1. The number of nitrogens with one attached hydrogen (secondary N) is 1. The van der Waals surface area contributed by atoms with Gasteiger partial charge in [0.05, 0.1) is 5.56 Å². The Hall–Kier alpha value is -1.07. The van der Waals surface area contributed by atoms with Crippen molar-refractivity contribution in [3.05, 3.63) is 35.1 Å². The maximum Gasteiger partial charge on any atom is 0.338 e. The number of carbonyl (C=O) groups is 1. The molecule has 5 heteroatoms. The first-order valence-corrected chi connectivity index (χ1v) is 6.86. The Morgan fingerprint density at radius 1 is 1.50 bits per heavy atom. The third kappa shape index (κ3) is 4.31. The molecule has 0 aliphatic heterocycles. The zero-order chi connectivity index (χ0) is 13.8. The lowest BCUT2D eigenvalue weighted by atomic mass is 10.1. The summed E-state index contributed by atoms with van der Waals surface area (Å²) in [4.78, 5) is 10.7. The van der Waals surface area contributed by atoms with Gasteiger partial charge in [-0.2, -0.15) is 11.8 Å². The maximum absolute atomic E-state index is 13.4. The molecule has 18 heavy (non-hydrogen) atoms.